The van der Waals surface area contributed by atoms with Crippen LogP contribution in [0.3, 0.4) is 0 Å². The summed E-state index contributed by atoms with van der Waals surface area (Å²) < 4.78 is 7.63. The van der Waals surface area contributed by atoms with E-state index in [2.05, 4.69) is 10.4 Å². The van der Waals surface area contributed by atoms with E-state index in [0.717, 1.165) is 28.5 Å². The van der Waals surface area contributed by atoms with Gasteiger partial charge >= 0.3 is 0 Å². The number of aromatic nitrogens is 2. The van der Waals surface area contributed by atoms with Crippen LogP contribution in [0.15, 0.2) is 54.7 Å². The Morgan fingerprint density at radius 2 is 1.97 bits per heavy atom. The van der Waals surface area contributed by atoms with Gasteiger partial charge in [0.2, 0.25) is 5.91 Å². The summed E-state index contributed by atoms with van der Waals surface area (Å²) in [7, 11) is 1.73. The molecule has 7 nitrogen and oxygen atoms in total. The fourth-order valence-corrected chi connectivity index (χ4v) is 3.97. The molecule has 156 valence electrons. The highest BCUT2D eigenvalue weighted by atomic mass is 16.5. The van der Waals surface area contributed by atoms with Crippen LogP contribution < -0.4 is 5.32 Å². The first kappa shape index (κ1) is 20.1. The second-order valence-electron chi connectivity index (χ2n) is 7.61. The Bertz CT molecular complexity index is 1060. The maximum atomic E-state index is 12.9. The van der Waals surface area contributed by atoms with Crippen LogP contribution in [-0.2, 0) is 20.9 Å². The third-order valence-electron chi connectivity index (χ3n) is 5.65. The fraction of sp³-hybridized carbons (Fsp3) is 0.348. The minimum Gasteiger partial charge on any atom is -0.356 e. The van der Waals surface area contributed by atoms with Crippen LogP contribution in [0.25, 0.3) is 10.9 Å². The third kappa shape index (κ3) is 3.93. The molecule has 30 heavy (non-hydrogen) atoms. The van der Waals surface area contributed by atoms with Gasteiger partial charge in [-0.3, -0.25) is 14.3 Å². The van der Waals surface area contributed by atoms with E-state index in [1.54, 1.807) is 11.9 Å². The van der Waals surface area contributed by atoms with Gasteiger partial charge in [0.25, 0.3) is 5.91 Å². The van der Waals surface area contributed by atoms with Crippen LogP contribution in [0.1, 0.15) is 23.6 Å². The summed E-state index contributed by atoms with van der Waals surface area (Å²) in [6.07, 6.45) is 1.86. The zero-order valence-electron chi connectivity index (χ0n) is 17.2. The van der Waals surface area contributed by atoms with Crippen molar-refractivity contribution in [2.24, 2.45) is 0 Å². The molecule has 1 saturated heterocycles. The lowest BCUT2D eigenvalue weighted by Gasteiger charge is -2.38. The number of ether oxygens (including phenoxy) is 1. The molecule has 1 aromatic heterocycles. The van der Waals surface area contributed by atoms with Gasteiger partial charge in [0, 0.05) is 25.5 Å². The van der Waals surface area contributed by atoms with Gasteiger partial charge in [-0.2, -0.15) is 5.10 Å². The van der Waals surface area contributed by atoms with Gasteiger partial charge in [0.15, 0.2) is 6.10 Å². The lowest BCUT2D eigenvalue weighted by atomic mass is 9.94. The summed E-state index contributed by atoms with van der Waals surface area (Å²) in [4.78, 5) is 26.8. The average Bonchev–Trinajstić information content (AvgIpc) is 3.17. The van der Waals surface area contributed by atoms with Crippen molar-refractivity contribution in [3.05, 3.63) is 65.9 Å². The number of fused-ring (bicyclic) bond motifs is 1. The molecule has 0 aliphatic carbocycles. The van der Waals surface area contributed by atoms with E-state index in [0.29, 0.717) is 13.1 Å². The Morgan fingerprint density at radius 3 is 2.80 bits per heavy atom. The molecular formula is C23H26N4O3. The predicted molar refractivity (Wildman–Crippen MR) is 114 cm³/mol. The van der Waals surface area contributed by atoms with E-state index in [-0.39, 0.29) is 18.4 Å². The number of hydrogen-bond acceptors (Lipinski definition) is 4. The molecule has 7 heteroatoms. The molecule has 2 heterocycles. The van der Waals surface area contributed by atoms with Crippen molar-refractivity contribution in [2.75, 3.05) is 20.2 Å². The quantitative estimate of drug-likeness (QED) is 0.638. The molecule has 4 rings (SSSR count). The number of carbonyl (C=O) groups excluding carboxylic acids is 2. The summed E-state index contributed by atoms with van der Waals surface area (Å²) in [5.74, 6) is -0.328. The SMILES string of the molecule is Cc1ccccc1[C@@H]1[C@@H](C(=O)NCCCn2ncc3ccccc32)OCC(=O)N1C. The Balaban J connectivity index is 1.40. The maximum absolute atomic E-state index is 12.9. The lowest BCUT2D eigenvalue weighted by Crippen LogP contribution is -2.53. The van der Waals surface area contributed by atoms with Crippen molar-refractivity contribution in [2.45, 2.75) is 32.0 Å². The topological polar surface area (TPSA) is 76.5 Å². The number of nitrogens with one attached hydrogen (secondary N) is 1. The first-order chi connectivity index (χ1) is 14.6. The molecule has 1 aliphatic rings. The third-order valence-corrected chi connectivity index (χ3v) is 5.65. The Hall–Kier alpha value is -3.19. The van der Waals surface area contributed by atoms with Crippen molar-refractivity contribution in [3.8, 4) is 0 Å². The zero-order valence-corrected chi connectivity index (χ0v) is 17.2. The van der Waals surface area contributed by atoms with Crippen LogP contribution in [0.5, 0.6) is 0 Å². The number of para-hydroxylation sites is 1. The van der Waals surface area contributed by atoms with Gasteiger partial charge in [-0.1, -0.05) is 42.5 Å². The van der Waals surface area contributed by atoms with E-state index < -0.39 is 12.1 Å². The molecule has 2 atom stereocenters. The number of aryl methyl sites for hydroxylation is 2. The molecular weight excluding hydrogens is 380 g/mol. The Morgan fingerprint density at radius 1 is 1.20 bits per heavy atom. The zero-order chi connectivity index (χ0) is 21.1. The number of amides is 2. The number of rotatable bonds is 6. The molecule has 0 unspecified atom stereocenters. The standard InChI is InChI=1S/C23H26N4O3/c1-16-8-3-5-10-18(16)21-22(30-15-20(28)26(21)2)23(29)24-12-7-13-27-19-11-6-4-9-17(19)14-25-27/h3-6,8-11,14,21-22H,7,12-13,15H2,1-2H3,(H,24,29)/t21-,22+/m1/s1. The minimum atomic E-state index is -0.737. The normalized spacial score (nSPS) is 19.3. The van der Waals surface area contributed by atoms with Crippen molar-refractivity contribution < 1.29 is 14.3 Å². The Labute approximate surface area is 175 Å². The molecule has 0 spiro atoms. The van der Waals surface area contributed by atoms with Gasteiger partial charge in [-0.05, 0) is 30.5 Å². The maximum Gasteiger partial charge on any atom is 0.251 e. The number of benzene rings is 2. The highest BCUT2D eigenvalue weighted by Gasteiger charge is 2.40. The van der Waals surface area contributed by atoms with Gasteiger partial charge < -0.3 is 15.0 Å². The number of hydrogen-bond donors (Lipinski definition) is 1. The average molecular weight is 406 g/mol. The minimum absolute atomic E-state index is 0.0871. The molecule has 1 N–H and O–H groups in total. The largest absolute Gasteiger partial charge is 0.356 e. The molecule has 0 bridgehead atoms. The van der Waals surface area contributed by atoms with E-state index in [1.165, 1.54) is 0 Å². The highest BCUT2D eigenvalue weighted by Crippen LogP contribution is 2.31. The van der Waals surface area contributed by atoms with E-state index in [9.17, 15) is 9.59 Å². The summed E-state index contributed by atoms with van der Waals surface area (Å²) in [5.41, 5.74) is 3.03. The number of likely N-dealkylation sites (N-methyl/N-ethyl adjacent to an activating group) is 1. The predicted octanol–water partition coefficient (Wildman–Crippen LogP) is 2.45. The van der Waals surface area contributed by atoms with Crippen LogP contribution in [0.4, 0.5) is 0 Å². The highest BCUT2D eigenvalue weighted by molar-refractivity contribution is 5.86. The van der Waals surface area contributed by atoms with Gasteiger partial charge in [0.1, 0.15) is 6.61 Å². The smallest absolute Gasteiger partial charge is 0.251 e. The summed E-state index contributed by atoms with van der Waals surface area (Å²) in [6.45, 7) is 3.10. The molecule has 1 aliphatic heterocycles. The van der Waals surface area contributed by atoms with E-state index in [4.69, 9.17) is 4.74 Å². The summed E-state index contributed by atoms with van der Waals surface area (Å²) in [5, 5.41) is 8.49. The van der Waals surface area contributed by atoms with Crippen molar-refractivity contribution >= 4 is 22.7 Å². The molecule has 3 aromatic rings. The summed E-state index contributed by atoms with van der Waals surface area (Å²) in [6, 6.07) is 15.4. The van der Waals surface area contributed by atoms with E-state index in [1.807, 2.05) is 66.3 Å². The second kappa shape index (κ2) is 8.67. The second-order valence-corrected chi connectivity index (χ2v) is 7.61. The van der Waals surface area contributed by atoms with Crippen LogP contribution in [0, 0.1) is 6.92 Å². The molecule has 0 radical (unpaired) electrons. The van der Waals surface area contributed by atoms with Crippen LogP contribution >= 0.6 is 0 Å². The van der Waals surface area contributed by atoms with Crippen molar-refractivity contribution in [1.29, 1.82) is 0 Å². The molecule has 0 saturated carbocycles. The Kier molecular flexibility index (Phi) is 5.81. The lowest BCUT2D eigenvalue weighted by molar-refractivity contribution is -0.162. The molecule has 2 amide bonds. The van der Waals surface area contributed by atoms with Crippen LogP contribution in [0.2, 0.25) is 0 Å². The van der Waals surface area contributed by atoms with E-state index >= 15 is 0 Å². The van der Waals surface area contributed by atoms with Crippen molar-refractivity contribution in [1.82, 2.24) is 20.0 Å². The molecule has 2 aromatic carbocycles. The number of nitrogens with zero attached hydrogens (tertiary/aromatic N) is 3. The van der Waals surface area contributed by atoms with Gasteiger partial charge in [-0.25, -0.2) is 0 Å². The van der Waals surface area contributed by atoms with Gasteiger partial charge in [0.05, 0.1) is 17.8 Å². The first-order valence-electron chi connectivity index (χ1n) is 10.2. The summed E-state index contributed by atoms with van der Waals surface area (Å²) >= 11 is 0. The monoisotopic (exact) mass is 406 g/mol. The fourth-order valence-electron chi connectivity index (χ4n) is 3.97. The molecule has 1 fully saturated rings. The van der Waals surface area contributed by atoms with Crippen LogP contribution in [-0.4, -0.2) is 52.8 Å². The first-order valence-corrected chi connectivity index (χ1v) is 10.2. The van der Waals surface area contributed by atoms with Gasteiger partial charge in [-0.15, -0.1) is 0 Å². The number of morpholine rings is 1. The number of carbonyl (C=O) groups is 2. The van der Waals surface area contributed by atoms with Crippen molar-refractivity contribution in [3.63, 3.8) is 0 Å².